The van der Waals surface area contributed by atoms with Gasteiger partial charge < -0.3 is 5.32 Å². The SMILES string of the molecule is Cl.Fc1ccc(-c2[nH]ncc2CN2CCC3(CCNCC3)C2)cc1. The molecule has 0 saturated carbocycles. The van der Waals surface area contributed by atoms with Crippen LogP contribution in [-0.4, -0.2) is 41.3 Å². The van der Waals surface area contributed by atoms with Crippen molar-refractivity contribution in [1.29, 1.82) is 0 Å². The maximum absolute atomic E-state index is 13.1. The summed E-state index contributed by atoms with van der Waals surface area (Å²) < 4.78 is 13.1. The Bertz CT molecular complexity index is 664. The van der Waals surface area contributed by atoms with Crippen LogP contribution in [0.3, 0.4) is 0 Å². The summed E-state index contributed by atoms with van der Waals surface area (Å²) >= 11 is 0. The van der Waals surface area contributed by atoms with Gasteiger partial charge in [-0.05, 0) is 68.6 Å². The summed E-state index contributed by atoms with van der Waals surface area (Å²) in [7, 11) is 0. The second-order valence-corrected chi connectivity index (χ2v) is 6.99. The lowest BCUT2D eigenvalue weighted by Gasteiger charge is -2.33. The Morgan fingerprint density at radius 2 is 1.88 bits per heavy atom. The van der Waals surface area contributed by atoms with Gasteiger partial charge in [-0.25, -0.2) is 4.39 Å². The highest BCUT2D eigenvalue weighted by Gasteiger charge is 2.38. The minimum atomic E-state index is -0.206. The first-order valence-corrected chi connectivity index (χ1v) is 8.45. The van der Waals surface area contributed by atoms with Gasteiger partial charge in [0.15, 0.2) is 0 Å². The highest BCUT2D eigenvalue weighted by atomic mass is 35.5. The third-order valence-corrected chi connectivity index (χ3v) is 5.43. The molecule has 0 radical (unpaired) electrons. The molecule has 4 nitrogen and oxygen atoms in total. The second kappa shape index (κ2) is 7.21. The van der Waals surface area contributed by atoms with Gasteiger partial charge in [-0.3, -0.25) is 10.00 Å². The molecule has 0 bridgehead atoms. The van der Waals surface area contributed by atoms with E-state index in [1.54, 1.807) is 0 Å². The molecule has 0 unspecified atom stereocenters. The van der Waals surface area contributed by atoms with Crippen molar-refractivity contribution >= 4 is 12.4 Å². The fourth-order valence-corrected chi connectivity index (χ4v) is 4.07. The highest BCUT2D eigenvalue weighted by Crippen LogP contribution is 2.39. The molecule has 2 aromatic rings. The van der Waals surface area contributed by atoms with E-state index in [9.17, 15) is 4.39 Å². The number of nitrogens with zero attached hydrogens (tertiary/aromatic N) is 2. The van der Waals surface area contributed by atoms with E-state index in [-0.39, 0.29) is 18.2 Å². The average Bonchev–Trinajstić information content (AvgIpc) is 3.17. The van der Waals surface area contributed by atoms with Crippen LogP contribution in [0.4, 0.5) is 4.39 Å². The molecular weight excluding hydrogens is 327 g/mol. The first kappa shape index (κ1) is 17.4. The van der Waals surface area contributed by atoms with Gasteiger partial charge in [-0.2, -0.15) is 5.10 Å². The first-order chi connectivity index (χ1) is 11.2. The van der Waals surface area contributed by atoms with Crippen LogP contribution in [0, 0.1) is 11.2 Å². The van der Waals surface area contributed by atoms with Crippen LogP contribution in [0.25, 0.3) is 11.3 Å². The topological polar surface area (TPSA) is 44.0 Å². The van der Waals surface area contributed by atoms with Gasteiger partial charge in [-0.15, -0.1) is 12.4 Å². The molecule has 1 aromatic heterocycles. The average molecular weight is 351 g/mol. The number of H-pyrrole nitrogens is 1. The Labute approximate surface area is 148 Å². The number of rotatable bonds is 3. The molecule has 0 amide bonds. The minimum Gasteiger partial charge on any atom is -0.317 e. The molecule has 2 aliphatic rings. The van der Waals surface area contributed by atoms with Crippen molar-refractivity contribution in [1.82, 2.24) is 20.4 Å². The summed E-state index contributed by atoms with van der Waals surface area (Å²) in [5.41, 5.74) is 3.72. The Hall–Kier alpha value is -1.43. The van der Waals surface area contributed by atoms with Gasteiger partial charge in [0, 0.05) is 24.2 Å². The lowest BCUT2D eigenvalue weighted by atomic mass is 9.78. The van der Waals surface area contributed by atoms with Gasteiger partial charge in [0.2, 0.25) is 0 Å². The molecule has 1 spiro atoms. The number of benzene rings is 1. The van der Waals surface area contributed by atoms with Crippen LogP contribution in [0.15, 0.2) is 30.5 Å². The van der Waals surface area contributed by atoms with Crippen molar-refractivity contribution in [3.8, 4) is 11.3 Å². The highest BCUT2D eigenvalue weighted by molar-refractivity contribution is 5.85. The van der Waals surface area contributed by atoms with E-state index in [1.807, 2.05) is 18.3 Å². The summed E-state index contributed by atoms with van der Waals surface area (Å²) in [4.78, 5) is 2.54. The summed E-state index contributed by atoms with van der Waals surface area (Å²) in [6.45, 7) is 5.57. The molecule has 24 heavy (non-hydrogen) atoms. The third-order valence-electron chi connectivity index (χ3n) is 5.43. The van der Waals surface area contributed by atoms with Gasteiger partial charge in [0.1, 0.15) is 5.82 Å². The fourth-order valence-electron chi connectivity index (χ4n) is 4.07. The predicted octanol–water partition coefficient (Wildman–Crippen LogP) is 3.21. The van der Waals surface area contributed by atoms with Crippen molar-refractivity contribution < 1.29 is 4.39 Å². The standard InChI is InChI=1S/C18H23FN4.ClH/c19-16-3-1-14(2-4-16)17-15(11-21-22-17)12-23-10-7-18(13-23)5-8-20-9-6-18;/h1-4,11,20H,5-10,12-13H2,(H,21,22);1H. The Balaban J connectivity index is 0.00000169. The normalized spacial score (nSPS) is 20.2. The molecule has 6 heteroatoms. The van der Waals surface area contributed by atoms with Gasteiger partial charge in [0.05, 0.1) is 11.9 Å². The van der Waals surface area contributed by atoms with E-state index in [1.165, 1.54) is 43.5 Å². The molecule has 130 valence electrons. The van der Waals surface area contributed by atoms with Gasteiger partial charge >= 0.3 is 0 Å². The largest absolute Gasteiger partial charge is 0.317 e. The summed E-state index contributed by atoms with van der Waals surface area (Å²) in [6, 6.07) is 6.62. The first-order valence-electron chi connectivity index (χ1n) is 8.45. The van der Waals surface area contributed by atoms with Crippen molar-refractivity contribution in [2.24, 2.45) is 5.41 Å². The zero-order chi connectivity index (χ0) is 15.7. The molecule has 2 fully saturated rings. The van der Waals surface area contributed by atoms with Gasteiger partial charge in [-0.1, -0.05) is 0 Å². The third kappa shape index (κ3) is 3.48. The maximum atomic E-state index is 13.1. The summed E-state index contributed by atoms with van der Waals surface area (Å²) in [6.07, 6.45) is 5.80. The number of hydrogen-bond donors (Lipinski definition) is 2. The van der Waals surface area contributed by atoms with Crippen LogP contribution < -0.4 is 5.32 Å². The number of likely N-dealkylation sites (tertiary alicyclic amines) is 1. The minimum absolute atomic E-state index is 0. The molecule has 0 aliphatic carbocycles. The summed E-state index contributed by atoms with van der Waals surface area (Å²) in [5.74, 6) is -0.206. The maximum Gasteiger partial charge on any atom is 0.123 e. The van der Waals surface area contributed by atoms with Crippen LogP contribution in [0.5, 0.6) is 0 Å². The zero-order valence-electron chi connectivity index (χ0n) is 13.7. The quantitative estimate of drug-likeness (QED) is 0.893. The van der Waals surface area contributed by atoms with Crippen LogP contribution in [0.2, 0.25) is 0 Å². The predicted molar refractivity (Wildman–Crippen MR) is 95.7 cm³/mol. The van der Waals surface area contributed by atoms with E-state index in [0.29, 0.717) is 5.41 Å². The van der Waals surface area contributed by atoms with Crippen LogP contribution in [0.1, 0.15) is 24.8 Å². The van der Waals surface area contributed by atoms with E-state index in [2.05, 4.69) is 20.4 Å². The number of piperidine rings is 1. The monoisotopic (exact) mass is 350 g/mol. The van der Waals surface area contributed by atoms with Crippen molar-refractivity contribution in [2.75, 3.05) is 26.2 Å². The molecule has 4 rings (SSSR count). The van der Waals surface area contributed by atoms with E-state index in [0.717, 1.165) is 37.4 Å². The number of halogens is 2. The fraction of sp³-hybridized carbons (Fsp3) is 0.500. The molecular formula is C18H24ClFN4. The number of nitrogens with one attached hydrogen (secondary N) is 2. The Morgan fingerprint density at radius 1 is 1.12 bits per heavy atom. The molecule has 2 saturated heterocycles. The molecule has 2 N–H and O–H groups in total. The van der Waals surface area contributed by atoms with Gasteiger partial charge in [0.25, 0.3) is 0 Å². The number of hydrogen-bond acceptors (Lipinski definition) is 3. The second-order valence-electron chi connectivity index (χ2n) is 6.99. The lowest BCUT2D eigenvalue weighted by Crippen LogP contribution is -2.38. The number of aromatic nitrogens is 2. The summed E-state index contributed by atoms with van der Waals surface area (Å²) in [5, 5.41) is 10.8. The van der Waals surface area contributed by atoms with Crippen molar-refractivity contribution in [2.45, 2.75) is 25.8 Å². The van der Waals surface area contributed by atoms with E-state index >= 15 is 0 Å². The molecule has 0 atom stereocenters. The smallest absolute Gasteiger partial charge is 0.123 e. The van der Waals surface area contributed by atoms with E-state index < -0.39 is 0 Å². The van der Waals surface area contributed by atoms with Crippen molar-refractivity contribution in [3.63, 3.8) is 0 Å². The van der Waals surface area contributed by atoms with E-state index in [4.69, 9.17) is 0 Å². The Morgan fingerprint density at radius 3 is 2.62 bits per heavy atom. The Kier molecular flexibility index (Phi) is 5.23. The zero-order valence-corrected chi connectivity index (χ0v) is 14.5. The molecule has 3 heterocycles. The van der Waals surface area contributed by atoms with Crippen LogP contribution in [-0.2, 0) is 6.54 Å². The molecule has 2 aliphatic heterocycles. The number of aromatic amines is 1. The van der Waals surface area contributed by atoms with Crippen molar-refractivity contribution in [3.05, 3.63) is 41.8 Å². The lowest BCUT2D eigenvalue weighted by molar-refractivity contribution is 0.194. The van der Waals surface area contributed by atoms with Crippen LogP contribution >= 0.6 is 12.4 Å². The molecule has 1 aromatic carbocycles.